The van der Waals surface area contributed by atoms with Crippen LogP contribution in [0.25, 0.3) is 0 Å². The Labute approximate surface area is 110 Å². The van der Waals surface area contributed by atoms with Gasteiger partial charge in [-0.3, -0.25) is 0 Å². The van der Waals surface area contributed by atoms with E-state index in [1.165, 1.54) is 0 Å². The summed E-state index contributed by atoms with van der Waals surface area (Å²) in [6.07, 6.45) is 1.73. The van der Waals surface area contributed by atoms with Crippen molar-refractivity contribution in [2.75, 3.05) is 5.32 Å². The Kier molecular flexibility index (Phi) is 3.60. The van der Waals surface area contributed by atoms with E-state index in [1.807, 2.05) is 19.1 Å². The fourth-order valence-electron chi connectivity index (χ4n) is 1.22. The van der Waals surface area contributed by atoms with E-state index in [-0.39, 0.29) is 0 Å². The third kappa shape index (κ3) is 2.82. The van der Waals surface area contributed by atoms with Gasteiger partial charge in [-0.2, -0.15) is 0 Å². The van der Waals surface area contributed by atoms with Crippen LogP contribution in [0.4, 0.5) is 5.82 Å². The van der Waals surface area contributed by atoms with Gasteiger partial charge in [-0.05, 0) is 44.8 Å². The van der Waals surface area contributed by atoms with E-state index in [0.29, 0.717) is 6.54 Å². The average molecular weight is 347 g/mol. The molecule has 0 aromatic carbocycles. The summed E-state index contributed by atoms with van der Waals surface area (Å²) < 4.78 is 6.92. The Morgan fingerprint density at radius 2 is 2.19 bits per heavy atom. The highest BCUT2D eigenvalue weighted by molar-refractivity contribution is 9.11. The summed E-state index contributed by atoms with van der Waals surface area (Å²) >= 11 is 6.77. The van der Waals surface area contributed by atoms with Crippen molar-refractivity contribution in [2.45, 2.75) is 13.5 Å². The molecule has 0 aliphatic heterocycles. The van der Waals surface area contributed by atoms with Crippen LogP contribution in [0, 0.1) is 6.92 Å². The molecule has 0 saturated carbocycles. The number of rotatable bonds is 3. The second kappa shape index (κ2) is 4.97. The Balaban J connectivity index is 2.04. The van der Waals surface area contributed by atoms with Crippen LogP contribution in [-0.4, -0.2) is 10.1 Å². The van der Waals surface area contributed by atoms with Gasteiger partial charge in [0, 0.05) is 16.7 Å². The van der Waals surface area contributed by atoms with E-state index in [4.69, 9.17) is 4.52 Å². The lowest BCUT2D eigenvalue weighted by molar-refractivity contribution is 0.384. The first kappa shape index (κ1) is 11.6. The summed E-state index contributed by atoms with van der Waals surface area (Å²) in [5.41, 5.74) is 0.875. The number of nitrogens with one attached hydrogen (secondary N) is 1. The molecule has 0 aliphatic rings. The lowest BCUT2D eigenvalue weighted by Gasteiger charge is -2.05. The van der Waals surface area contributed by atoms with Gasteiger partial charge in [-0.25, -0.2) is 4.98 Å². The molecule has 84 valence electrons. The van der Waals surface area contributed by atoms with Gasteiger partial charge in [0.05, 0.1) is 16.7 Å². The van der Waals surface area contributed by atoms with Crippen LogP contribution in [0.2, 0.25) is 0 Å². The van der Waals surface area contributed by atoms with E-state index in [0.717, 1.165) is 26.2 Å². The minimum Gasteiger partial charge on any atom is -0.362 e. The Morgan fingerprint density at radius 3 is 2.81 bits per heavy atom. The fourth-order valence-corrected chi connectivity index (χ4v) is 2.34. The highest BCUT2D eigenvalue weighted by atomic mass is 79.9. The average Bonchev–Trinajstić information content (AvgIpc) is 2.63. The molecule has 0 radical (unpaired) electrons. The molecule has 0 amide bonds. The van der Waals surface area contributed by atoms with E-state index in [9.17, 15) is 0 Å². The Hall–Kier alpha value is -0.880. The van der Waals surface area contributed by atoms with Gasteiger partial charge in [0.1, 0.15) is 5.82 Å². The standard InChI is InChI=1S/C10H9Br2N3O/c1-6-2-8(16-15-6)5-14-10-9(12)3-7(11)4-13-10/h2-4H,5H2,1H3,(H,13,14). The number of pyridine rings is 1. The first-order valence-corrected chi connectivity index (χ1v) is 6.21. The molecule has 16 heavy (non-hydrogen) atoms. The van der Waals surface area contributed by atoms with Crippen molar-refractivity contribution in [2.24, 2.45) is 0 Å². The minimum absolute atomic E-state index is 0.564. The predicted octanol–water partition coefficient (Wildman–Crippen LogP) is 3.52. The molecule has 2 heterocycles. The van der Waals surface area contributed by atoms with E-state index < -0.39 is 0 Å². The summed E-state index contributed by atoms with van der Waals surface area (Å²) in [6, 6.07) is 3.82. The predicted molar refractivity (Wildman–Crippen MR) is 68.2 cm³/mol. The minimum atomic E-state index is 0.564. The second-order valence-corrected chi connectivity index (χ2v) is 5.04. The quantitative estimate of drug-likeness (QED) is 0.923. The topological polar surface area (TPSA) is 51.0 Å². The van der Waals surface area contributed by atoms with Crippen LogP contribution < -0.4 is 5.32 Å². The molecular formula is C10H9Br2N3O. The number of hydrogen-bond donors (Lipinski definition) is 1. The molecule has 0 aliphatic carbocycles. The second-order valence-electron chi connectivity index (χ2n) is 3.27. The summed E-state index contributed by atoms with van der Waals surface area (Å²) in [5, 5.41) is 6.97. The monoisotopic (exact) mass is 345 g/mol. The van der Waals surface area contributed by atoms with E-state index in [2.05, 4.69) is 47.3 Å². The van der Waals surface area contributed by atoms with Crippen molar-refractivity contribution in [1.29, 1.82) is 0 Å². The molecule has 0 saturated heterocycles. The Bertz CT molecular complexity index is 499. The zero-order chi connectivity index (χ0) is 11.5. The lowest BCUT2D eigenvalue weighted by atomic mass is 10.4. The van der Waals surface area contributed by atoms with E-state index in [1.54, 1.807) is 6.20 Å². The number of hydrogen-bond acceptors (Lipinski definition) is 4. The van der Waals surface area contributed by atoms with Gasteiger partial charge in [0.2, 0.25) is 0 Å². The summed E-state index contributed by atoms with van der Waals surface area (Å²) in [6.45, 7) is 2.45. The van der Waals surface area contributed by atoms with Crippen LogP contribution in [0.5, 0.6) is 0 Å². The van der Waals surface area contributed by atoms with Gasteiger partial charge < -0.3 is 9.84 Å². The van der Waals surface area contributed by atoms with Crippen molar-refractivity contribution >= 4 is 37.7 Å². The summed E-state index contributed by atoms with van der Waals surface area (Å²) in [4.78, 5) is 4.23. The molecule has 0 bridgehead atoms. The summed E-state index contributed by atoms with van der Waals surface area (Å²) in [5.74, 6) is 1.56. The van der Waals surface area contributed by atoms with E-state index >= 15 is 0 Å². The van der Waals surface area contributed by atoms with Crippen LogP contribution in [-0.2, 0) is 6.54 Å². The molecule has 2 aromatic heterocycles. The molecule has 2 aromatic rings. The number of nitrogens with zero attached hydrogens (tertiary/aromatic N) is 2. The molecule has 0 atom stereocenters. The smallest absolute Gasteiger partial charge is 0.156 e. The van der Waals surface area contributed by atoms with Gasteiger partial charge in [-0.1, -0.05) is 5.16 Å². The number of anilines is 1. The molecule has 0 spiro atoms. The molecule has 0 unspecified atom stereocenters. The maximum atomic E-state index is 5.08. The summed E-state index contributed by atoms with van der Waals surface area (Å²) in [7, 11) is 0. The van der Waals surface area contributed by atoms with Crippen molar-refractivity contribution < 1.29 is 4.52 Å². The molecule has 1 N–H and O–H groups in total. The number of aromatic nitrogens is 2. The number of aryl methyl sites for hydroxylation is 1. The first-order chi connectivity index (χ1) is 7.65. The van der Waals surface area contributed by atoms with Crippen LogP contribution in [0.1, 0.15) is 11.5 Å². The number of halogens is 2. The van der Waals surface area contributed by atoms with Crippen LogP contribution >= 0.6 is 31.9 Å². The molecule has 6 heteroatoms. The molecule has 2 rings (SSSR count). The van der Waals surface area contributed by atoms with Crippen LogP contribution in [0.15, 0.2) is 31.8 Å². The molecule has 4 nitrogen and oxygen atoms in total. The third-order valence-electron chi connectivity index (χ3n) is 1.91. The van der Waals surface area contributed by atoms with Gasteiger partial charge >= 0.3 is 0 Å². The van der Waals surface area contributed by atoms with Gasteiger partial charge in [0.25, 0.3) is 0 Å². The Morgan fingerprint density at radius 1 is 1.38 bits per heavy atom. The maximum Gasteiger partial charge on any atom is 0.156 e. The van der Waals surface area contributed by atoms with Gasteiger partial charge in [-0.15, -0.1) is 0 Å². The van der Waals surface area contributed by atoms with Crippen molar-refractivity contribution in [3.8, 4) is 0 Å². The zero-order valence-electron chi connectivity index (χ0n) is 8.50. The van der Waals surface area contributed by atoms with Crippen LogP contribution in [0.3, 0.4) is 0 Å². The lowest BCUT2D eigenvalue weighted by Crippen LogP contribution is -2.00. The molecular weight excluding hydrogens is 338 g/mol. The highest BCUT2D eigenvalue weighted by Crippen LogP contribution is 2.23. The SMILES string of the molecule is Cc1cc(CNc2ncc(Br)cc2Br)on1. The van der Waals surface area contributed by atoms with Crippen molar-refractivity contribution in [3.05, 3.63) is 38.7 Å². The van der Waals surface area contributed by atoms with Crippen molar-refractivity contribution in [1.82, 2.24) is 10.1 Å². The highest BCUT2D eigenvalue weighted by Gasteiger charge is 2.04. The fraction of sp³-hybridized carbons (Fsp3) is 0.200. The zero-order valence-corrected chi connectivity index (χ0v) is 11.7. The largest absolute Gasteiger partial charge is 0.362 e. The van der Waals surface area contributed by atoms with Crippen molar-refractivity contribution in [3.63, 3.8) is 0 Å². The third-order valence-corrected chi connectivity index (χ3v) is 2.95. The molecule has 0 fully saturated rings. The van der Waals surface area contributed by atoms with Gasteiger partial charge in [0.15, 0.2) is 5.76 Å². The normalized spacial score (nSPS) is 10.4. The maximum absolute atomic E-state index is 5.08. The first-order valence-electron chi connectivity index (χ1n) is 4.62.